The Morgan fingerprint density at radius 2 is 2.10 bits per heavy atom. The van der Waals surface area contributed by atoms with E-state index in [0.717, 1.165) is 6.42 Å². The summed E-state index contributed by atoms with van der Waals surface area (Å²) in [5.41, 5.74) is 0.589. The van der Waals surface area contributed by atoms with Crippen LogP contribution in [0.1, 0.15) is 13.3 Å². The number of hydrogen-bond acceptors (Lipinski definition) is 3. The number of benzene rings is 1. The van der Waals surface area contributed by atoms with Crippen molar-refractivity contribution in [2.24, 2.45) is 0 Å². The molecular weight excluding hydrogens is 272 g/mol. The Labute approximate surface area is 123 Å². The summed E-state index contributed by atoms with van der Waals surface area (Å²) in [5.74, 6) is -1.03. The summed E-state index contributed by atoms with van der Waals surface area (Å²) in [6.45, 7) is 3.11. The molecular formula is C15H20N2O4. The molecule has 114 valence electrons. The normalized spacial score (nSPS) is 18.3. The van der Waals surface area contributed by atoms with Gasteiger partial charge >= 0.3 is 12.0 Å². The molecule has 0 bridgehead atoms. The van der Waals surface area contributed by atoms with Crippen LogP contribution in [0.25, 0.3) is 0 Å². The van der Waals surface area contributed by atoms with E-state index in [9.17, 15) is 9.59 Å². The Hall–Kier alpha value is -2.08. The standard InChI is InChI=1S/C15H20N2O4/c1-2-12-11-21-9-8-16(12)15(20)17(10-14(18)19)13-6-4-3-5-7-13/h3-7,12H,2,8-11H2,1H3,(H,18,19). The third-order valence-corrected chi connectivity index (χ3v) is 3.54. The van der Waals surface area contributed by atoms with Crippen molar-refractivity contribution in [2.75, 3.05) is 31.2 Å². The van der Waals surface area contributed by atoms with Crippen LogP contribution in [0.5, 0.6) is 0 Å². The number of carbonyl (C=O) groups is 2. The lowest BCUT2D eigenvalue weighted by Gasteiger charge is -2.38. The Morgan fingerprint density at radius 3 is 2.71 bits per heavy atom. The van der Waals surface area contributed by atoms with E-state index < -0.39 is 5.97 Å². The SMILES string of the molecule is CCC1COCCN1C(=O)N(CC(=O)O)c1ccccc1. The molecule has 1 fully saturated rings. The molecule has 1 aliphatic rings. The summed E-state index contributed by atoms with van der Waals surface area (Å²) in [7, 11) is 0. The molecule has 0 radical (unpaired) electrons. The van der Waals surface area contributed by atoms with E-state index >= 15 is 0 Å². The molecule has 0 aliphatic carbocycles. The molecule has 1 heterocycles. The molecule has 1 aromatic rings. The Bertz CT molecular complexity index is 492. The van der Waals surface area contributed by atoms with Crippen molar-refractivity contribution in [3.05, 3.63) is 30.3 Å². The molecule has 6 heteroatoms. The number of ether oxygens (including phenoxy) is 1. The molecule has 2 rings (SSSR count). The van der Waals surface area contributed by atoms with Crippen molar-refractivity contribution < 1.29 is 19.4 Å². The van der Waals surface area contributed by atoms with Crippen LogP contribution in [0.4, 0.5) is 10.5 Å². The lowest BCUT2D eigenvalue weighted by molar-refractivity contribution is -0.135. The molecule has 1 atom stereocenters. The monoisotopic (exact) mass is 292 g/mol. The largest absolute Gasteiger partial charge is 0.480 e. The predicted octanol–water partition coefficient (Wildman–Crippen LogP) is 1.81. The van der Waals surface area contributed by atoms with E-state index in [1.54, 1.807) is 29.2 Å². The summed E-state index contributed by atoms with van der Waals surface area (Å²) < 4.78 is 5.39. The molecule has 6 nitrogen and oxygen atoms in total. The molecule has 0 saturated carbocycles. The zero-order chi connectivity index (χ0) is 15.2. The third-order valence-electron chi connectivity index (χ3n) is 3.54. The zero-order valence-corrected chi connectivity index (χ0v) is 12.1. The van der Waals surface area contributed by atoms with E-state index in [0.29, 0.717) is 25.4 Å². The molecule has 0 spiro atoms. The van der Waals surface area contributed by atoms with Crippen molar-refractivity contribution in [3.63, 3.8) is 0 Å². The molecule has 1 N–H and O–H groups in total. The first-order valence-corrected chi connectivity index (χ1v) is 7.06. The third kappa shape index (κ3) is 3.72. The predicted molar refractivity (Wildman–Crippen MR) is 78.4 cm³/mol. The van der Waals surface area contributed by atoms with Gasteiger partial charge in [0.25, 0.3) is 0 Å². The van der Waals surface area contributed by atoms with Crippen LogP contribution in [-0.2, 0) is 9.53 Å². The molecule has 1 aromatic carbocycles. The number of morpholine rings is 1. The fraction of sp³-hybridized carbons (Fsp3) is 0.467. The first-order valence-electron chi connectivity index (χ1n) is 7.06. The summed E-state index contributed by atoms with van der Waals surface area (Å²) in [6, 6.07) is 8.59. The highest BCUT2D eigenvalue weighted by atomic mass is 16.5. The van der Waals surface area contributed by atoms with Gasteiger partial charge in [-0.2, -0.15) is 0 Å². The van der Waals surface area contributed by atoms with Crippen LogP contribution in [0.15, 0.2) is 30.3 Å². The smallest absolute Gasteiger partial charge is 0.325 e. The molecule has 1 aliphatic heterocycles. The maximum Gasteiger partial charge on any atom is 0.325 e. The van der Waals surface area contributed by atoms with Gasteiger partial charge in [0.15, 0.2) is 0 Å². The van der Waals surface area contributed by atoms with E-state index in [4.69, 9.17) is 9.84 Å². The van der Waals surface area contributed by atoms with Crippen LogP contribution >= 0.6 is 0 Å². The Kier molecular flexibility index (Phi) is 5.16. The molecule has 21 heavy (non-hydrogen) atoms. The number of carboxylic acids is 1. The molecule has 0 aromatic heterocycles. The van der Waals surface area contributed by atoms with E-state index in [1.165, 1.54) is 4.90 Å². The average molecular weight is 292 g/mol. The first-order chi connectivity index (χ1) is 10.1. The number of rotatable bonds is 4. The zero-order valence-electron chi connectivity index (χ0n) is 12.1. The van der Waals surface area contributed by atoms with Gasteiger partial charge < -0.3 is 14.7 Å². The van der Waals surface area contributed by atoms with Gasteiger partial charge in [-0.1, -0.05) is 25.1 Å². The van der Waals surface area contributed by atoms with Crippen molar-refractivity contribution in [1.29, 1.82) is 0 Å². The van der Waals surface area contributed by atoms with Gasteiger partial charge in [-0.15, -0.1) is 0 Å². The van der Waals surface area contributed by atoms with Crippen molar-refractivity contribution >= 4 is 17.7 Å². The van der Waals surface area contributed by atoms with Crippen molar-refractivity contribution in [1.82, 2.24) is 4.90 Å². The summed E-state index contributed by atoms with van der Waals surface area (Å²) >= 11 is 0. The van der Waals surface area contributed by atoms with Gasteiger partial charge in [0, 0.05) is 12.2 Å². The maximum atomic E-state index is 12.7. The summed E-state index contributed by atoms with van der Waals surface area (Å²) in [4.78, 5) is 26.8. The second kappa shape index (κ2) is 7.08. The molecule has 1 saturated heterocycles. The van der Waals surface area contributed by atoms with Gasteiger partial charge in [0.05, 0.1) is 19.3 Å². The van der Waals surface area contributed by atoms with E-state index in [-0.39, 0.29) is 18.6 Å². The highest BCUT2D eigenvalue weighted by Crippen LogP contribution is 2.19. The number of nitrogens with zero attached hydrogens (tertiary/aromatic N) is 2. The second-order valence-corrected chi connectivity index (χ2v) is 4.93. The van der Waals surface area contributed by atoms with Crippen molar-refractivity contribution in [2.45, 2.75) is 19.4 Å². The highest BCUT2D eigenvalue weighted by molar-refractivity contribution is 5.96. The van der Waals surface area contributed by atoms with Gasteiger partial charge in [0.1, 0.15) is 6.54 Å². The summed E-state index contributed by atoms with van der Waals surface area (Å²) in [5, 5.41) is 9.08. The van der Waals surface area contributed by atoms with Crippen LogP contribution in [0.2, 0.25) is 0 Å². The van der Waals surface area contributed by atoms with Gasteiger partial charge in [-0.25, -0.2) is 4.79 Å². The van der Waals surface area contributed by atoms with Crippen LogP contribution in [0.3, 0.4) is 0 Å². The van der Waals surface area contributed by atoms with Crippen LogP contribution in [-0.4, -0.2) is 54.4 Å². The van der Waals surface area contributed by atoms with Crippen LogP contribution < -0.4 is 4.90 Å². The summed E-state index contributed by atoms with van der Waals surface area (Å²) in [6.07, 6.45) is 0.779. The lowest BCUT2D eigenvalue weighted by Crippen LogP contribution is -2.54. The van der Waals surface area contributed by atoms with Gasteiger partial charge in [-0.05, 0) is 18.6 Å². The highest BCUT2D eigenvalue weighted by Gasteiger charge is 2.31. The lowest BCUT2D eigenvalue weighted by atomic mass is 10.2. The Balaban J connectivity index is 2.23. The number of carboxylic acid groups (broad SMARTS) is 1. The minimum Gasteiger partial charge on any atom is -0.480 e. The van der Waals surface area contributed by atoms with E-state index in [1.807, 2.05) is 13.0 Å². The number of urea groups is 1. The maximum absolute atomic E-state index is 12.7. The van der Waals surface area contributed by atoms with E-state index in [2.05, 4.69) is 0 Å². The molecule has 2 amide bonds. The fourth-order valence-corrected chi connectivity index (χ4v) is 2.41. The number of carbonyl (C=O) groups excluding carboxylic acids is 1. The quantitative estimate of drug-likeness (QED) is 0.918. The minimum absolute atomic E-state index is 0.00810. The van der Waals surface area contributed by atoms with Crippen molar-refractivity contribution in [3.8, 4) is 0 Å². The topological polar surface area (TPSA) is 70.1 Å². The Morgan fingerprint density at radius 1 is 1.38 bits per heavy atom. The number of anilines is 1. The first kappa shape index (κ1) is 15.3. The fourth-order valence-electron chi connectivity index (χ4n) is 2.41. The van der Waals surface area contributed by atoms with Gasteiger partial charge in [-0.3, -0.25) is 9.69 Å². The number of aliphatic carboxylic acids is 1. The number of hydrogen-bond donors (Lipinski definition) is 1. The molecule has 1 unspecified atom stereocenters. The number of para-hydroxylation sites is 1. The minimum atomic E-state index is -1.03. The average Bonchev–Trinajstić information content (AvgIpc) is 2.52. The number of amides is 2. The van der Waals surface area contributed by atoms with Gasteiger partial charge in [0.2, 0.25) is 0 Å². The second-order valence-electron chi connectivity index (χ2n) is 4.93. The van der Waals surface area contributed by atoms with Crippen LogP contribution in [0, 0.1) is 0 Å².